The van der Waals surface area contributed by atoms with Gasteiger partial charge in [0.15, 0.2) is 11.4 Å². The number of fused-ring (bicyclic) bond motifs is 2. The third-order valence-corrected chi connectivity index (χ3v) is 6.31. The summed E-state index contributed by atoms with van der Waals surface area (Å²) in [5, 5.41) is 7.68. The molecule has 8 heteroatoms. The van der Waals surface area contributed by atoms with E-state index < -0.39 is 0 Å². The molecule has 6 nitrogen and oxygen atoms in total. The first-order chi connectivity index (χ1) is 13.3. The van der Waals surface area contributed by atoms with E-state index in [0.29, 0.717) is 5.95 Å². The standard InChI is InChI=1S/C19H16IN5OS/c20-27-25-9-7-14-17(16-10-12-11-21-8-6-15(12)26-16)23-19(24-18(14)25)22-13-4-2-1-3-5-13/h1-5,7,9-10,21H,6,8,11H2,(H,22,23,24). The van der Waals surface area contributed by atoms with Crippen molar-refractivity contribution in [3.63, 3.8) is 0 Å². The SMILES string of the molecule is ISn1ccc2c(-c3cc4c(o3)CCNC4)nc(Nc3ccccc3)nc21. The molecular formula is C19H16IN5OS. The van der Waals surface area contributed by atoms with Crippen molar-refractivity contribution in [3.05, 3.63) is 60.0 Å². The first kappa shape index (κ1) is 17.1. The quantitative estimate of drug-likeness (QED) is 0.397. The molecule has 0 saturated carbocycles. The van der Waals surface area contributed by atoms with Gasteiger partial charge in [-0.05, 0) is 24.3 Å². The Hall–Kier alpha value is -2.04. The Morgan fingerprint density at radius 2 is 2.07 bits per heavy atom. The second-order valence-electron chi connectivity index (χ2n) is 6.32. The van der Waals surface area contributed by atoms with Crippen LogP contribution in [0.2, 0.25) is 0 Å². The minimum Gasteiger partial charge on any atom is -0.459 e. The summed E-state index contributed by atoms with van der Waals surface area (Å²) in [7, 11) is 1.58. The zero-order chi connectivity index (χ0) is 18.2. The molecule has 0 unspecified atom stereocenters. The van der Waals surface area contributed by atoms with Gasteiger partial charge in [-0.25, -0.2) is 4.98 Å². The fraction of sp³-hybridized carbons (Fsp3) is 0.158. The number of furan rings is 1. The number of benzene rings is 1. The van der Waals surface area contributed by atoms with Crippen molar-refractivity contribution < 1.29 is 4.42 Å². The Morgan fingerprint density at radius 1 is 1.19 bits per heavy atom. The van der Waals surface area contributed by atoms with Crippen LogP contribution in [0.1, 0.15) is 11.3 Å². The van der Waals surface area contributed by atoms with Gasteiger partial charge in [-0.1, -0.05) is 18.2 Å². The van der Waals surface area contributed by atoms with E-state index in [-0.39, 0.29) is 0 Å². The van der Waals surface area contributed by atoms with Crippen molar-refractivity contribution in [3.8, 4) is 11.5 Å². The van der Waals surface area contributed by atoms with Gasteiger partial charge < -0.3 is 15.1 Å². The summed E-state index contributed by atoms with van der Waals surface area (Å²) in [6.45, 7) is 1.79. The van der Waals surface area contributed by atoms with Crippen molar-refractivity contribution >= 4 is 53.0 Å². The maximum Gasteiger partial charge on any atom is 0.229 e. The first-order valence-corrected chi connectivity index (χ1v) is 12.0. The highest BCUT2D eigenvalue weighted by molar-refractivity contribution is 14.2. The lowest BCUT2D eigenvalue weighted by atomic mass is 10.1. The largest absolute Gasteiger partial charge is 0.459 e. The lowest BCUT2D eigenvalue weighted by Crippen LogP contribution is -2.22. The topological polar surface area (TPSA) is 67.9 Å². The molecule has 5 rings (SSSR count). The minimum atomic E-state index is 0.557. The number of hydrogen-bond acceptors (Lipinski definition) is 6. The Balaban J connectivity index is 1.65. The van der Waals surface area contributed by atoms with Gasteiger partial charge in [0, 0.05) is 72.7 Å². The molecule has 0 saturated heterocycles. The lowest BCUT2D eigenvalue weighted by Gasteiger charge is -2.09. The van der Waals surface area contributed by atoms with E-state index in [1.165, 1.54) is 5.56 Å². The third kappa shape index (κ3) is 3.21. The third-order valence-electron chi connectivity index (χ3n) is 4.59. The average Bonchev–Trinajstić information content (AvgIpc) is 3.32. The Kier molecular flexibility index (Phi) is 4.54. The highest BCUT2D eigenvalue weighted by Crippen LogP contribution is 2.34. The normalized spacial score (nSPS) is 13.7. The van der Waals surface area contributed by atoms with E-state index in [9.17, 15) is 0 Å². The van der Waals surface area contributed by atoms with Gasteiger partial charge in [0.25, 0.3) is 0 Å². The van der Waals surface area contributed by atoms with Crippen molar-refractivity contribution in [1.82, 2.24) is 19.3 Å². The molecule has 0 radical (unpaired) electrons. The van der Waals surface area contributed by atoms with E-state index >= 15 is 0 Å². The van der Waals surface area contributed by atoms with Gasteiger partial charge >= 0.3 is 0 Å². The molecule has 1 aromatic carbocycles. The van der Waals surface area contributed by atoms with Crippen LogP contribution in [0.5, 0.6) is 0 Å². The fourth-order valence-electron chi connectivity index (χ4n) is 3.31. The van der Waals surface area contributed by atoms with Crippen LogP contribution in [0.15, 0.2) is 53.1 Å². The van der Waals surface area contributed by atoms with E-state index in [1.807, 2.05) is 46.6 Å². The lowest BCUT2D eigenvalue weighted by molar-refractivity contribution is 0.483. The number of halogens is 1. The van der Waals surface area contributed by atoms with Gasteiger partial charge in [-0.15, -0.1) is 0 Å². The zero-order valence-electron chi connectivity index (χ0n) is 14.3. The summed E-state index contributed by atoms with van der Waals surface area (Å²) in [5.74, 6) is 2.40. The monoisotopic (exact) mass is 489 g/mol. The van der Waals surface area contributed by atoms with Crippen LogP contribution >= 0.6 is 30.3 Å². The van der Waals surface area contributed by atoms with Crippen LogP contribution in [-0.2, 0) is 13.0 Å². The van der Waals surface area contributed by atoms with Crippen molar-refractivity contribution in [2.45, 2.75) is 13.0 Å². The molecule has 4 heterocycles. The van der Waals surface area contributed by atoms with Crippen molar-refractivity contribution in [2.75, 3.05) is 11.9 Å². The predicted octanol–water partition coefficient (Wildman–Crippen LogP) is 4.93. The molecular weight excluding hydrogens is 473 g/mol. The van der Waals surface area contributed by atoms with Crippen LogP contribution in [0, 0.1) is 0 Å². The Labute approximate surface area is 172 Å². The number of anilines is 2. The molecule has 3 aromatic heterocycles. The zero-order valence-corrected chi connectivity index (χ0v) is 17.3. The molecule has 136 valence electrons. The second kappa shape index (κ2) is 7.17. The van der Waals surface area contributed by atoms with E-state index in [1.54, 1.807) is 9.12 Å². The summed E-state index contributed by atoms with van der Waals surface area (Å²) in [5.41, 5.74) is 3.84. The predicted molar refractivity (Wildman–Crippen MR) is 117 cm³/mol. The van der Waals surface area contributed by atoms with E-state index in [4.69, 9.17) is 14.4 Å². The van der Waals surface area contributed by atoms with Gasteiger partial charge in [-0.3, -0.25) is 3.97 Å². The molecule has 4 aromatic rings. The van der Waals surface area contributed by atoms with Gasteiger partial charge in [0.2, 0.25) is 5.95 Å². The summed E-state index contributed by atoms with van der Waals surface area (Å²) in [6.07, 6.45) is 2.92. The number of para-hydroxylation sites is 1. The molecule has 0 atom stereocenters. The summed E-state index contributed by atoms with van der Waals surface area (Å²) in [4.78, 5) is 9.53. The molecule has 0 bridgehead atoms. The average molecular weight is 489 g/mol. The number of nitrogens with zero attached hydrogens (tertiary/aromatic N) is 3. The smallest absolute Gasteiger partial charge is 0.229 e. The van der Waals surface area contributed by atoms with Gasteiger partial charge in [0.1, 0.15) is 11.5 Å². The van der Waals surface area contributed by atoms with Crippen molar-refractivity contribution in [1.29, 1.82) is 0 Å². The first-order valence-electron chi connectivity index (χ1n) is 8.65. The Bertz CT molecular complexity index is 1080. The summed E-state index contributed by atoms with van der Waals surface area (Å²) >= 11 is 2.26. The second-order valence-corrected chi connectivity index (χ2v) is 8.03. The molecule has 1 aliphatic rings. The van der Waals surface area contributed by atoms with Gasteiger partial charge in [0.05, 0.1) is 0 Å². The van der Waals surface area contributed by atoms with Crippen LogP contribution < -0.4 is 10.6 Å². The Morgan fingerprint density at radius 3 is 2.89 bits per heavy atom. The minimum absolute atomic E-state index is 0.557. The maximum atomic E-state index is 6.17. The fourth-order valence-corrected chi connectivity index (χ4v) is 4.58. The molecule has 0 aliphatic carbocycles. The maximum absolute atomic E-state index is 6.17. The highest BCUT2D eigenvalue weighted by Gasteiger charge is 2.20. The number of nitrogens with one attached hydrogen (secondary N) is 2. The van der Waals surface area contributed by atoms with Crippen LogP contribution in [0.4, 0.5) is 11.6 Å². The van der Waals surface area contributed by atoms with Crippen molar-refractivity contribution in [2.24, 2.45) is 0 Å². The molecule has 27 heavy (non-hydrogen) atoms. The van der Waals surface area contributed by atoms with Crippen LogP contribution in [-0.4, -0.2) is 20.5 Å². The van der Waals surface area contributed by atoms with Gasteiger partial charge in [-0.2, -0.15) is 4.98 Å². The summed E-state index contributed by atoms with van der Waals surface area (Å²) in [6, 6.07) is 14.1. The van der Waals surface area contributed by atoms with E-state index in [2.05, 4.69) is 37.9 Å². The van der Waals surface area contributed by atoms with Crippen LogP contribution in [0.3, 0.4) is 0 Å². The number of aromatic nitrogens is 3. The molecule has 0 amide bonds. The highest BCUT2D eigenvalue weighted by atomic mass is 127. The van der Waals surface area contributed by atoms with Crippen LogP contribution in [0.25, 0.3) is 22.5 Å². The molecule has 2 N–H and O–H groups in total. The summed E-state index contributed by atoms with van der Waals surface area (Å²) < 4.78 is 8.20. The van der Waals surface area contributed by atoms with E-state index in [0.717, 1.165) is 53.4 Å². The number of hydrogen-bond donors (Lipinski definition) is 2. The molecule has 0 spiro atoms. The molecule has 0 fully saturated rings. The number of rotatable bonds is 4. The molecule has 1 aliphatic heterocycles.